The van der Waals surface area contributed by atoms with Crippen LogP contribution >= 0.6 is 0 Å². The largest absolute Gasteiger partial charge is 0.491 e. The second-order valence-corrected chi connectivity index (χ2v) is 9.44. The van der Waals surface area contributed by atoms with E-state index in [0.29, 0.717) is 25.9 Å². The van der Waals surface area contributed by atoms with E-state index in [1.54, 1.807) is 0 Å². The van der Waals surface area contributed by atoms with Gasteiger partial charge in [0.2, 0.25) is 11.8 Å². The molecule has 0 aliphatic carbocycles. The first kappa shape index (κ1) is 28.2. The third-order valence-corrected chi connectivity index (χ3v) is 5.38. The van der Waals surface area contributed by atoms with E-state index in [-0.39, 0.29) is 24.0 Å². The lowest BCUT2D eigenvalue weighted by atomic mass is 10.1. The van der Waals surface area contributed by atoms with Crippen LogP contribution < -0.4 is 20.1 Å². The molecule has 0 aromatic heterocycles. The summed E-state index contributed by atoms with van der Waals surface area (Å²) >= 11 is 0. The van der Waals surface area contributed by atoms with Gasteiger partial charge in [0.1, 0.15) is 11.5 Å². The summed E-state index contributed by atoms with van der Waals surface area (Å²) in [6, 6.07) is 15.6. The normalized spacial score (nSPS) is 10.9. The zero-order chi connectivity index (χ0) is 25.5. The number of hydrogen-bond donors (Lipinski definition) is 2. The molecule has 6 nitrogen and oxygen atoms in total. The number of hydrogen-bond acceptors (Lipinski definition) is 4. The van der Waals surface area contributed by atoms with Crippen molar-refractivity contribution in [3.8, 4) is 11.5 Å². The van der Waals surface area contributed by atoms with E-state index >= 15 is 0 Å². The lowest BCUT2D eigenvalue weighted by Gasteiger charge is -2.10. The molecule has 2 aromatic carbocycles. The van der Waals surface area contributed by atoms with Gasteiger partial charge in [-0.05, 0) is 75.9 Å². The molecular formula is C29H42N2O4. The molecule has 2 rings (SSSR count). The highest BCUT2D eigenvalue weighted by atomic mass is 16.5. The predicted octanol–water partition coefficient (Wildman–Crippen LogP) is 5.92. The first-order valence-electron chi connectivity index (χ1n) is 12.9. The van der Waals surface area contributed by atoms with Gasteiger partial charge in [0.25, 0.3) is 0 Å². The van der Waals surface area contributed by atoms with Crippen LogP contribution in [0.25, 0.3) is 0 Å². The minimum absolute atomic E-state index is 0.0793. The van der Waals surface area contributed by atoms with Gasteiger partial charge in [-0.15, -0.1) is 0 Å². The van der Waals surface area contributed by atoms with E-state index < -0.39 is 0 Å². The fraction of sp³-hybridized carbons (Fsp3) is 0.517. The van der Waals surface area contributed by atoms with E-state index in [1.807, 2.05) is 76.2 Å². The van der Waals surface area contributed by atoms with Crippen LogP contribution in [0, 0.1) is 0 Å². The van der Waals surface area contributed by atoms with Crippen LogP contribution in [-0.2, 0) is 22.7 Å². The molecule has 0 atom stereocenters. The van der Waals surface area contributed by atoms with Gasteiger partial charge >= 0.3 is 0 Å². The summed E-state index contributed by atoms with van der Waals surface area (Å²) in [6.07, 6.45) is 6.16. The molecule has 0 radical (unpaired) electrons. The van der Waals surface area contributed by atoms with Crippen molar-refractivity contribution in [2.75, 3.05) is 0 Å². The summed E-state index contributed by atoms with van der Waals surface area (Å²) < 4.78 is 11.3. The number of carbonyl (C=O) groups excluding carboxylic acids is 2. The molecule has 0 spiro atoms. The standard InChI is InChI=1S/C29H42N2O4/c1-22(2)34-26-16-12-24(13-17-26)20-30-28(32)10-8-6-5-7-9-11-29(33)31-21-25-14-18-27(19-15-25)35-23(3)4/h12-19,22-23H,5-11,20-21H2,1-4H3,(H,30,32)(H,31,33). The lowest BCUT2D eigenvalue weighted by molar-refractivity contribution is -0.122. The van der Waals surface area contributed by atoms with Crippen molar-refractivity contribution in [3.05, 3.63) is 59.7 Å². The molecule has 0 aliphatic heterocycles. The van der Waals surface area contributed by atoms with E-state index in [4.69, 9.17) is 9.47 Å². The minimum Gasteiger partial charge on any atom is -0.491 e. The van der Waals surface area contributed by atoms with Crippen LogP contribution in [0.5, 0.6) is 11.5 Å². The van der Waals surface area contributed by atoms with Gasteiger partial charge in [0.15, 0.2) is 0 Å². The molecule has 0 saturated heterocycles. The molecule has 0 unspecified atom stereocenters. The molecule has 0 bridgehead atoms. The number of rotatable bonds is 16. The molecule has 0 saturated carbocycles. The Morgan fingerprint density at radius 2 is 0.943 bits per heavy atom. The zero-order valence-electron chi connectivity index (χ0n) is 21.8. The fourth-order valence-electron chi connectivity index (χ4n) is 3.60. The second kappa shape index (κ2) is 15.8. The van der Waals surface area contributed by atoms with Gasteiger partial charge in [-0.25, -0.2) is 0 Å². The molecule has 6 heteroatoms. The zero-order valence-corrected chi connectivity index (χ0v) is 21.8. The Bertz CT molecular complexity index is 803. The molecular weight excluding hydrogens is 440 g/mol. The Hall–Kier alpha value is -3.02. The third kappa shape index (κ3) is 12.9. The fourth-order valence-corrected chi connectivity index (χ4v) is 3.60. The van der Waals surface area contributed by atoms with Crippen molar-refractivity contribution in [2.45, 2.75) is 97.9 Å². The quantitative estimate of drug-likeness (QED) is 0.291. The molecule has 0 heterocycles. The van der Waals surface area contributed by atoms with E-state index in [1.165, 1.54) is 0 Å². The maximum absolute atomic E-state index is 12.1. The summed E-state index contributed by atoms with van der Waals surface area (Å²) in [7, 11) is 0. The summed E-state index contributed by atoms with van der Waals surface area (Å²) in [5, 5.41) is 5.95. The van der Waals surface area contributed by atoms with Crippen molar-refractivity contribution in [1.82, 2.24) is 10.6 Å². The summed E-state index contributed by atoms with van der Waals surface area (Å²) in [5.41, 5.74) is 2.12. The minimum atomic E-state index is 0.0793. The third-order valence-electron chi connectivity index (χ3n) is 5.38. The topological polar surface area (TPSA) is 76.7 Å². The molecule has 192 valence electrons. The van der Waals surface area contributed by atoms with Crippen molar-refractivity contribution in [2.24, 2.45) is 0 Å². The first-order valence-corrected chi connectivity index (χ1v) is 12.9. The van der Waals surface area contributed by atoms with Crippen LogP contribution in [0.2, 0.25) is 0 Å². The maximum Gasteiger partial charge on any atom is 0.220 e. The molecule has 2 aromatic rings. The van der Waals surface area contributed by atoms with E-state index in [9.17, 15) is 9.59 Å². The number of nitrogens with one attached hydrogen (secondary N) is 2. The van der Waals surface area contributed by atoms with E-state index in [2.05, 4.69) is 10.6 Å². The van der Waals surface area contributed by atoms with Crippen LogP contribution in [0.3, 0.4) is 0 Å². The number of carbonyl (C=O) groups is 2. The molecule has 2 amide bonds. The Labute approximate surface area is 210 Å². The number of amides is 2. The van der Waals surface area contributed by atoms with Gasteiger partial charge in [0.05, 0.1) is 12.2 Å². The SMILES string of the molecule is CC(C)Oc1ccc(CNC(=O)CCCCCCCC(=O)NCc2ccc(OC(C)C)cc2)cc1. The highest BCUT2D eigenvalue weighted by molar-refractivity contribution is 5.76. The molecule has 0 aliphatic rings. The van der Waals surface area contributed by atoms with Gasteiger partial charge in [-0.1, -0.05) is 43.5 Å². The van der Waals surface area contributed by atoms with E-state index in [0.717, 1.165) is 54.7 Å². The Balaban J connectivity index is 1.47. The summed E-state index contributed by atoms with van der Waals surface area (Å²) in [4.78, 5) is 24.1. The van der Waals surface area contributed by atoms with Gasteiger partial charge in [-0.2, -0.15) is 0 Å². The second-order valence-electron chi connectivity index (χ2n) is 9.44. The van der Waals surface area contributed by atoms with Crippen molar-refractivity contribution in [3.63, 3.8) is 0 Å². The van der Waals surface area contributed by atoms with Crippen LogP contribution in [0.4, 0.5) is 0 Å². The number of unbranched alkanes of at least 4 members (excludes halogenated alkanes) is 4. The Kier molecular flexibility index (Phi) is 12.7. The van der Waals surface area contributed by atoms with Crippen LogP contribution in [-0.4, -0.2) is 24.0 Å². The predicted molar refractivity (Wildman–Crippen MR) is 140 cm³/mol. The van der Waals surface area contributed by atoms with Crippen molar-refractivity contribution < 1.29 is 19.1 Å². The number of benzene rings is 2. The molecule has 0 fully saturated rings. The van der Waals surface area contributed by atoms with Gasteiger partial charge < -0.3 is 20.1 Å². The van der Waals surface area contributed by atoms with Gasteiger partial charge in [-0.3, -0.25) is 9.59 Å². The van der Waals surface area contributed by atoms with Crippen LogP contribution in [0.1, 0.15) is 83.8 Å². The van der Waals surface area contributed by atoms with Crippen molar-refractivity contribution >= 4 is 11.8 Å². The molecule has 35 heavy (non-hydrogen) atoms. The smallest absolute Gasteiger partial charge is 0.220 e. The highest BCUT2D eigenvalue weighted by Gasteiger charge is 2.05. The highest BCUT2D eigenvalue weighted by Crippen LogP contribution is 2.15. The van der Waals surface area contributed by atoms with Crippen LogP contribution in [0.15, 0.2) is 48.5 Å². The van der Waals surface area contributed by atoms with Gasteiger partial charge in [0, 0.05) is 25.9 Å². The Morgan fingerprint density at radius 1 is 0.600 bits per heavy atom. The van der Waals surface area contributed by atoms with Crippen molar-refractivity contribution in [1.29, 1.82) is 0 Å². The maximum atomic E-state index is 12.1. The lowest BCUT2D eigenvalue weighted by Crippen LogP contribution is -2.22. The number of ether oxygens (including phenoxy) is 2. The summed E-state index contributed by atoms with van der Waals surface area (Å²) in [6.45, 7) is 9.06. The Morgan fingerprint density at radius 3 is 1.29 bits per heavy atom. The average molecular weight is 483 g/mol. The first-order chi connectivity index (χ1) is 16.8. The monoisotopic (exact) mass is 482 g/mol. The molecule has 2 N–H and O–H groups in total. The summed E-state index contributed by atoms with van der Waals surface area (Å²) in [5.74, 6) is 1.84. The average Bonchev–Trinajstić information content (AvgIpc) is 2.82.